The van der Waals surface area contributed by atoms with Crippen molar-refractivity contribution in [3.05, 3.63) is 46.8 Å². The van der Waals surface area contributed by atoms with Gasteiger partial charge in [-0.2, -0.15) is 5.10 Å². The predicted octanol–water partition coefficient (Wildman–Crippen LogP) is 1.37. The van der Waals surface area contributed by atoms with Gasteiger partial charge in [0, 0.05) is 6.54 Å². The van der Waals surface area contributed by atoms with Crippen LogP contribution in [0, 0.1) is 0 Å². The van der Waals surface area contributed by atoms with E-state index in [0.29, 0.717) is 12.2 Å². The minimum Gasteiger partial charge on any atom is -0.395 e. The zero-order valence-corrected chi connectivity index (χ0v) is 12.0. The summed E-state index contributed by atoms with van der Waals surface area (Å²) in [4.78, 5) is 12.1. The molecular formula is C15H20N4O2. The van der Waals surface area contributed by atoms with E-state index in [1.54, 1.807) is 0 Å². The zero-order chi connectivity index (χ0) is 15.2. The third-order valence-electron chi connectivity index (χ3n) is 3.23. The summed E-state index contributed by atoms with van der Waals surface area (Å²) in [6, 6.07) is 7.40. The molecule has 1 aromatic carbocycles. The average Bonchev–Trinajstić information content (AvgIpc) is 2.87. The topological polar surface area (TPSA) is 104 Å². The van der Waals surface area contributed by atoms with E-state index < -0.39 is 0 Å². The Morgan fingerprint density at radius 2 is 2.19 bits per heavy atom. The number of aliphatic hydroxyl groups excluding tert-OH is 1. The summed E-state index contributed by atoms with van der Waals surface area (Å²) in [7, 11) is 0. The van der Waals surface area contributed by atoms with E-state index in [4.69, 9.17) is 10.8 Å². The number of aromatic nitrogens is 2. The smallest absolute Gasteiger partial charge is 0.274 e. The number of anilines is 1. The van der Waals surface area contributed by atoms with Crippen molar-refractivity contribution in [2.45, 2.75) is 32.9 Å². The van der Waals surface area contributed by atoms with Crippen LogP contribution >= 0.6 is 0 Å². The Hall–Kier alpha value is -2.34. The van der Waals surface area contributed by atoms with Crippen LogP contribution in [0.4, 0.5) is 5.69 Å². The van der Waals surface area contributed by atoms with Crippen molar-refractivity contribution in [2.75, 3.05) is 5.73 Å². The van der Waals surface area contributed by atoms with Gasteiger partial charge in [-0.05, 0) is 17.5 Å². The molecule has 0 spiro atoms. The van der Waals surface area contributed by atoms with Gasteiger partial charge in [0.05, 0.1) is 18.0 Å². The molecule has 1 aromatic heterocycles. The van der Waals surface area contributed by atoms with Crippen molar-refractivity contribution in [3.8, 4) is 0 Å². The van der Waals surface area contributed by atoms with Crippen molar-refractivity contribution in [2.24, 2.45) is 0 Å². The van der Waals surface area contributed by atoms with Gasteiger partial charge in [0.2, 0.25) is 0 Å². The standard InChI is InChI=1S/C15H20N4O2/c1-2-4-12-13(16)14(19-18-12)15(21)17-8-10-5-3-6-11(7-10)9-20/h3,5-7,20H,2,4,8-9,16H2,1H3,(H,17,21)(H,18,19). The maximum Gasteiger partial charge on any atom is 0.274 e. The molecule has 0 aliphatic rings. The predicted molar refractivity (Wildman–Crippen MR) is 80.5 cm³/mol. The van der Waals surface area contributed by atoms with Crippen LogP contribution in [0.3, 0.4) is 0 Å². The van der Waals surface area contributed by atoms with Crippen molar-refractivity contribution >= 4 is 11.6 Å². The number of aryl methyl sites for hydroxylation is 1. The van der Waals surface area contributed by atoms with Gasteiger partial charge < -0.3 is 16.2 Å². The summed E-state index contributed by atoms with van der Waals surface area (Å²) in [6.45, 7) is 2.38. The summed E-state index contributed by atoms with van der Waals surface area (Å²) in [5, 5.41) is 18.7. The second-order valence-electron chi connectivity index (χ2n) is 4.88. The maximum absolute atomic E-state index is 12.1. The summed E-state index contributed by atoms with van der Waals surface area (Å²) in [6.07, 6.45) is 1.70. The first-order chi connectivity index (χ1) is 10.2. The number of nitrogens with two attached hydrogens (primary N) is 1. The molecule has 21 heavy (non-hydrogen) atoms. The summed E-state index contributed by atoms with van der Waals surface area (Å²) < 4.78 is 0. The fraction of sp³-hybridized carbons (Fsp3) is 0.333. The number of hydrogen-bond donors (Lipinski definition) is 4. The van der Waals surface area contributed by atoms with Gasteiger partial charge in [-0.25, -0.2) is 0 Å². The lowest BCUT2D eigenvalue weighted by Crippen LogP contribution is -2.24. The molecule has 0 aliphatic heterocycles. The lowest BCUT2D eigenvalue weighted by atomic mass is 10.1. The summed E-state index contributed by atoms with van der Waals surface area (Å²) in [5.41, 5.74) is 9.09. The number of amides is 1. The molecule has 6 heteroatoms. The Morgan fingerprint density at radius 1 is 1.43 bits per heavy atom. The van der Waals surface area contributed by atoms with Crippen LogP contribution < -0.4 is 11.1 Å². The maximum atomic E-state index is 12.1. The van der Waals surface area contributed by atoms with E-state index in [2.05, 4.69) is 15.5 Å². The summed E-state index contributed by atoms with van der Waals surface area (Å²) in [5.74, 6) is -0.305. The number of aromatic amines is 1. The largest absolute Gasteiger partial charge is 0.395 e. The van der Waals surface area contributed by atoms with Crippen LogP contribution in [0.2, 0.25) is 0 Å². The van der Waals surface area contributed by atoms with Crippen molar-refractivity contribution < 1.29 is 9.90 Å². The third-order valence-corrected chi connectivity index (χ3v) is 3.23. The normalized spacial score (nSPS) is 10.6. The lowest BCUT2D eigenvalue weighted by Gasteiger charge is -2.05. The Kier molecular flexibility index (Phi) is 4.94. The highest BCUT2D eigenvalue weighted by Gasteiger charge is 2.16. The van der Waals surface area contributed by atoms with Gasteiger partial charge in [-0.15, -0.1) is 0 Å². The number of carbonyl (C=O) groups excluding carboxylic acids is 1. The first-order valence-corrected chi connectivity index (χ1v) is 6.95. The first-order valence-electron chi connectivity index (χ1n) is 6.95. The molecule has 5 N–H and O–H groups in total. The molecule has 0 aliphatic carbocycles. The van der Waals surface area contributed by atoms with Gasteiger partial charge in [-0.1, -0.05) is 37.6 Å². The molecule has 2 aromatic rings. The average molecular weight is 288 g/mol. The summed E-state index contributed by atoms with van der Waals surface area (Å²) >= 11 is 0. The Balaban J connectivity index is 2.01. The van der Waals surface area contributed by atoms with Gasteiger partial charge >= 0.3 is 0 Å². The van der Waals surface area contributed by atoms with E-state index in [-0.39, 0.29) is 18.2 Å². The fourth-order valence-corrected chi connectivity index (χ4v) is 2.10. The first kappa shape index (κ1) is 15.1. The van der Waals surface area contributed by atoms with Crippen LogP contribution in [0.25, 0.3) is 0 Å². The quantitative estimate of drug-likeness (QED) is 0.644. The van der Waals surface area contributed by atoms with Crippen LogP contribution in [0.5, 0.6) is 0 Å². The number of hydrogen-bond acceptors (Lipinski definition) is 4. The third kappa shape index (κ3) is 3.61. The van der Waals surface area contributed by atoms with E-state index in [1.807, 2.05) is 31.2 Å². The van der Waals surface area contributed by atoms with Gasteiger partial charge in [0.25, 0.3) is 5.91 Å². The number of carbonyl (C=O) groups is 1. The minimum atomic E-state index is -0.305. The molecular weight excluding hydrogens is 268 g/mol. The highest BCUT2D eigenvalue weighted by molar-refractivity contribution is 5.97. The number of H-pyrrole nitrogens is 1. The molecule has 0 atom stereocenters. The molecule has 6 nitrogen and oxygen atoms in total. The second kappa shape index (κ2) is 6.90. The minimum absolute atomic E-state index is 0.0194. The molecule has 1 heterocycles. The van der Waals surface area contributed by atoms with Crippen molar-refractivity contribution in [3.63, 3.8) is 0 Å². The molecule has 1 amide bonds. The Bertz CT molecular complexity index is 622. The Labute approximate surface area is 123 Å². The van der Waals surface area contributed by atoms with Gasteiger partial charge in [0.15, 0.2) is 5.69 Å². The van der Waals surface area contributed by atoms with Crippen LogP contribution in [-0.4, -0.2) is 21.2 Å². The Morgan fingerprint density at radius 3 is 2.90 bits per heavy atom. The van der Waals surface area contributed by atoms with E-state index >= 15 is 0 Å². The van der Waals surface area contributed by atoms with Crippen LogP contribution in [0.15, 0.2) is 24.3 Å². The SMILES string of the molecule is CCCc1[nH]nc(C(=O)NCc2cccc(CO)c2)c1N. The highest BCUT2D eigenvalue weighted by atomic mass is 16.3. The van der Waals surface area contributed by atoms with Crippen molar-refractivity contribution in [1.82, 2.24) is 15.5 Å². The number of nitrogens with one attached hydrogen (secondary N) is 2. The second-order valence-corrected chi connectivity index (χ2v) is 4.88. The zero-order valence-electron chi connectivity index (χ0n) is 12.0. The van der Waals surface area contributed by atoms with E-state index in [0.717, 1.165) is 29.7 Å². The number of nitrogen functional groups attached to an aromatic ring is 1. The molecule has 0 fully saturated rings. The molecule has 112 valence electrons. The van der Waals surface area contributed by atoms with Crippen LogP contribution in [-0.2, 0) is 19.6 Å². The molecule has 0 saturated heterocycles. The number of nitrogens with zero attached hydrogens (tertiary/aromatic N) is 1. The monoisotopic (exact) mass is 288 g/mol. The molecule has 0 saturated carbocycles. The van der Waals surface area contributed by atoms with Crippen molar-refractivity contribution in [1.29, 1.82) is 0 Å². The molecule has 0 radical (unpaired) electrons. The van der Waals surface area contributed by atoms with Gasteiger partial charge in [0.1, 0.15) is 0 Å². The molecule has 2 rings (SSSR count). The molecule has 0 unspecified atom stereocenters. The number of aliphatic hydroxyl groups is 1. The highest BCUT2D eigenvalue weighted by Crippen LogP contribution is 2.15. The van der Waals surface area contributed by atoms with Crippen LogP contribution in [0.1, 0.15) is 40.7 Å². The fourth-order valence-electron chi connectivity index (χ4n) is 2.10. The van der Waals surface area contributed by atoms with E-state index in [1.165, 1.54) is 0 Å². The molecule has 0 bridgehead atoms. The lowest BCUT2D eigenvalue weighted by molar-refractivity contribution is 0.0947. The van der Waals surface area contributed by atoms with E-state index in [9.17, 15) is 4.79 Å². The van der Waals surface area contributed by atoms with Gasteiger partial charge in [-0.3, -0.25) is 9.89 Å². The number of rotatable bonds is 6. The number of benzene rings is 1.